The van der Waals surface area contributed by atoms with Gasteiger partial charge in [-0.3, -0.25) is 0 Å². The molecule has 1 aromatic carbocycles. The molecule has 2 amide bonds. The number of nitrogens with zero attached hydrogens (tertiary/aromatic N) is 4. The zero-order valence-corrected chi connectivity index (χ0v) is 23.3. The lowest BCUT2D eigenvalue weighted by Gasteiger charge is -2.50. The van der Waals surface area contributed by atoms with E-state index in [1.807, 2.05) is 29.8 Å². The summed E-state index contributed by atoms with van der Waals surface area (Å²) in [6.07, 6.45) is 1.11. The molecule has 2 aliphatic rings. The maximum absolute atomic E-state index is 13.8. The lowest BCUT2D eigenvalue weighted by molar-refractivity contribution is 0.0841. The van der Waals surface area contributed by atoms with Gasteiger partial charge < -0.3 is 29.2 Å². The first kappa shape index (κ1) is 26.5. The molecule has 5 rings (SSSR count). The number of carbonyl (C=O) groups excluding carboxylic acids is 1. The maximum atomic E-state index is 13.8. The minimum Gasteiger partial charge on any atom is -0.497 e. The standard InChI is InChI=1S/C26H35N5O6S/c1-6-38(34,35)30-11-9-26(10-12-30)15-31(25(33)27-23-16(2)28-37-17(23)3)21(14-32)24-22(26)19-8-7-18(36-5)13-20(19)29(24)4/h7-8,13,21,32H,6,9-12,14-15H2,1-5H3,(H,27,33)/t21-/m0/s1. The Morgan fingerprint density at radius 2 is 2.00 bits per heavy atom. The van der Waals surface area contributed by atoms with Crippen LogP contribution in [0.5, 0.6) is 5.75 Å². The third-order valence-electron chi connectivity index (χ3n) is 8.29. The number of aromatic nitrogens is 2. The average Bonchev–Trinajstić information content (AvgIpc) is 3.40. The molecule has 206 valence electrons. The highest BCUT2D eigenvalue weighted by Crippen LogP contribution is 2.50. The van der Waals surface area contributed by atoms with Gasteiger partial charge in [0.1, 0.15) is 17.1 Å². The van der Waals surface area contributed by atoms with Gasteiger partial charge in [-0.15, -0.1) is 0 Å². The van der Waals surface area contributed by atoms with E-state index in [1.165, 1.54) is 0 Å². The van der Waals surface area contributed by atoms with Crippen molar-refractivity contribution in [2.24, 2.45) is 7.05 Å². The van der Waals surface area contributed by atoms with E-state index in [2.05, 4.69) is 10.5 Å². The molecule has 1 spiro atoms. The van der Waals surface area contributed by atoms with Crippen molar-refractivity contribution in [3.8, 4) is 5.75 Å². The summed E-state index contributed by atoms with van der Waals surface area (Å²) in [6, 6.07) is 4.93. The van der Waals surface area contributed by atoms with Crippen LogP contribution in [-0.2, 0) is 22.5 Å². The molecular formula is C26H35N5O6S. The number of hydrogen-bond donors (Lipinski definition) is 2. The summed E-state index contributed by atoms with van der Waals surface area (Å²) in [5, 5.41) is 18.5. The van der Waals surface area contributed by atoms with Crippen molar-refractivity contribution < 1.29 is 27.6 Å². The van der Waals surface area contributed by atoms with Gasteiger partial charge >= 0.3 is 6.03 Å². The maximum Gasteiger partial charge on any atom is 0.322 e. The minimum absolute atomic E-state index is 0.0534. The van der Waals surface area contributed by atoms with Gasteiger partial charge in [-0.05, 0) is 51.3 Å². The summed E-state index contributed by atoms with van der Waals surface area (Å²) in [7, 11) is 0.224. The zero-order chi connectivity index (χ0) is 27.4. The van der Waals surface area contributed by atoms with Crippen molar-refractivity contribution in [2.45, 2.75) is 45.1 Å². The molecule has 11 nitrogen and oxygen atoms in total. The predicted octanol–water partition coefficient (Wildman–Crippen LogP) is 3.06. The number of aliphatic hydroxyl groups is 1. The van der Waals surface area contributed by atoms with Gasteiger partial charge in [-0.25, -0.2) is 17.5 Å². The number of nitrogens with one attached hydrogen (secondary N) is 1. The summed E-state index contributed by atoms with van der Waals surface area (Å²) in [6.45, 7) is 5.95. The Labute approximate surface area is 222 Å². The van der Waals surface area contributed by atoms with E-state index >= 15 is 0 Å². The number of ether oxygens (including phenoxy) is 1. The van der Waals surface area contributed by atoms with Gasteiger partial charge in [0.15, 0.2) is 5.76 Å². The normalized spacial score (nSPS) is 19.6. The molecule has 0 bridgehead atoms. The van der Waals surface area contributed by atoms with E-state index in [-0.39, 0.29) is 18.4 Å². The van der Waals surface area contributed by atoms with Gasteiger partial charge in [-0.2, -0.15) is 0 Å². The number of anilines is 1. The van der Waals surface area contributed by atoms with E-state index < -0.39 is 21.5 Å². The number of hydrogen-bond acceptors (Lipinski definition) is 7. The second-order valence-corrected chi connectivity index (χ2v) is 12.5. The molecular weight excluding hydrogens is 510 g/mol. The largest absolute Gasteiger partial charge is 0.497 e. The molecule has 38 heavy (non-hydrogen) atoms. The van der Waals surface area contributed by atoms with Crippen molar-refractivity contribution in [1.82, 2.24) is 18.9 Å². The summed E-state index contributed by atoms with van der Waals surface area (Å²) >= 11 is 0. The number of aryl methyl sites for hydroxylation is 3. The number of aliphatic hydroxyl groups excluding tert-OH is 1. The van der Waals surface area contributed by atoms with Crippen molar-refractivity contribution in [3.63, 3.8) is 0 Å². The van der Waals surface area contributed by atoms with Crippen molar-refractivity contribution in [3.05, 3.63) is 40.9 Å². The van der Waals surface area contributed by atoms with Crippen LogP contribution in [0.1, 0.15) is 48.5 Å². The molecule has 3 aromatic rings. The molecule has 0 unspecified atom stereocenters. The first-order valence-corrected chi connectivity index (χ1v) is 14.4. The van der Waals surface area contributed by atoms with E-state index in [0.717, 1.165) is 22.2 Å². The lowest BCUT2D eigenvalue weighted by atomic mass is 9.68. The third kappa shape index (κ3) is 4.05. The van der Waals surface area contributed by atoms with Crippen molar-refractivity contribution >= 4 is 32.6 Å². The fraction of sp³-hybridized carbons (Fsp3) is 0.538. The van der Waals surface area contributed by atoms with Crippen LogP contribution in [0.25, 0.3) is 10.9 Å². The number of fused-ring (bicyclic) bond motifs is 4. The average molecular weight is 546 g/mol. The van der Waals surface area contributed by atoms with Crippen LogP contribution in [0.15, 0.2) is 22.7 Å². The number of benzene rings is 1. The quantitative estimate of drug-likeness (QED) is 0.504. The van der Waals surface area contributed by atoms with E-state index in [9.17, 15) is 18.3 Å². The second kappa shape index (κ2) is 9.58. The number of amides is 2. The third-order valence-corrected chi connectivity index (χ3v) is 10.2. The molecule has 2 N–H and O–H groups in total. The van der Waals surface area contributed by atoms with Crippen LogP contribution in [0.3, 0.4) is 0 Å². The number of sulfonamides is 1. The van der Waals surface area contributed by atoms with E-state index in [1.54, 1.807) is 37.1 Å². The molecule has 1 fully saturated rings. The summed E-state index contributed by atoms with van der Waals surface area (Å²) in [4.78, 5) is 15.4. The number of rotatable bonds is 5. The highest BCUT2D eigenvalue weighted by atomic mass is 32.2. The minimum atomic E-state index is -3.33. The number of methoxy groups -OCH3 is 1. The molecule has 12 heteroatoms. The Balaban J connectivity index is 1.64. The van der Waals surface area contributed by atoms with Crippen LogP contribution < -0.4 is 10.1 Å². The topological polar surface area (TPSA) is 130 Å². The molecule has 4 heterocycles. The van der Waals surface area contributed by atoms with E-state index in [0.29, 0.717) is 55.4 Å². The van der Waals surface area contributed by atoms with Gasteiger partial charge in [0.2, 0.25) is 10.0 Å². The smallest absolute Gasteiger partial charge is 0.322 e. The molecule has 2 aromatic heterocycles. The Kier molecular flexibility index (Phi) is 6.69. The van der Waals surface area contributed by atoms with E-state index in [4.69, 9.17) is 9.26 Å². The monoisotopic (exact) mass is 545 g/mol. The van der Waals surface area contributed by atoms with Gasteiger partial charge in [0.25, 0.3) is 0 Å². The number of carbonyl (C=O) groups is 1. The Bertz CT molecular complexity index is 1470. The van der Waals surface area contributed by atoms with Gasteiger partial charge in [0, 0.05) is 49.2 Å². The van der Waals surface area contributed by atoms with Gasteiger partial charge in [-0.1, -0.05) is 5.16 Å². The summed E-state index contributed by atoms with van der Waals surface area (Å²) in [5.74, 6) is 1.26. The highest BCUT2D eigenvalue weighted by molar-refractivity contribution is 7.89. The Hall–Kier alpha value is -3.09. The molecule has 1 atom stereocenters. The highest BCUT2D eigenvalue weighted by Gasteiger charge is 2.50. The molecule has 0 saturated carbocycles. The van der Waals surface area contributed by atoms with Crippen LogP contribution in [0, 0.1) is 13.8 Å². The summed E-state index contributed by atoms with van der Waals surface area (Å²) in [5.41, 5.74) is 3.44. The van der Waals surface area contributed by atoms with Crippen LogP contribution in [0.2, 0.25) is 0 Å². The number of piperidine rings is 1. The second-order valence-electron chi connectivity index (χ2n) is 10.2. The summed E-state index contributed by atoms with van der Waals surface area (Å²) < 4.78 is 39.6. The molecule has 1 saturated heterocycles. The first-order valence-electron chi connectivity index (χ1n) is 12.8. The molecule has 0 aliphatic carbocycles. The SMILES string of the molecule is CCS(=O)(=O)N1CCC2(CC1)CN(C(=O)Nc1c(C)noc1C)[C@@H](CO)c1c2c2ccc(OC)cc2n1C. The number of urea groups is 1. The fourth-order valence-electron chi connectivity index (χ4n) is 6.19. The van der Waals surface area contributed by atoms with Crippen LogP contribution >= 0.6 is 0 Å². The van der Waals surface area contributed by atoms with Gasteiger partial charge in [0.05, 0.1) is 31.0 Å². The van der Waals surface area contributed by atoms with Crippen LogP contribution in [-0.4, -0.2) is 77.6 Å². The zero-order valence-electron chi connectivity index (χ0n) is 22.4. The van der Waals surface area contributed by atoms with Crippen LogP contribution in [0.4, 0.5) is 10.5 Å². The first-order chi connectivity index (χ1) is 18.1. The van der Waals surface area contributed by atoms with Crippen molar-refractivity contribution in [1.29, 1.82) is 0 Å². The Morgan fingerprint density at radius 1 is 1.29 bits per heavy atom. The fourth-order valence-corrected chi connectivity index (χ4v) is 7.30. The Morgan fingerprint density at radius 3 is 2.58 bits per heavy atom. The molecule has 0 radical (unpaired) electrons. The predicted molar refractivity (Wildman–Crippen MR) is 143 cm³/mol. The van der Waals surface area contributed by atoms with Crippen molar-refractivity contribution in [2.75, 3.05) is 44.4 Å². The lowest BCUT2D eigenvalue weighted by Crippen LogP contribution is -2.56. The molecule has 2 aliphatic heterocycles.